The summed E-state index contributed by atoms with van der Waals surface area (Å²) < 4.78 is 5.46. The SMILES string of the molecule is CCOC1CC(N)C1NC(=O)[C@H]1CCC(=O)N1. The van der Waals surface area contributed by atoms with Gasteiger partial charge < -0.3 is 21.1 Å². The van der Waals surface area contributed by atoms with E-state index in [0.717, 1.165) is 6.42 Å². The molecule has 4 atom stereocenters. The van der Waals surface area contributed by atoms with Crippen LogP contribution in [0.3, 0.4) is 0 Å². The molecule has 0 aromatic carbocycles. The van der Waals surface area contributed by atoms with E-state index >= 15 is 0 Å². The van der Waals surface area contributed by atoms with Crippen molar-refractivity contribution in [2.24, 2.45) is 5.73 Å². The van der Waals surface area contributed by atoms with E-state index in [1.807, 2.05) is 6.92 Å². The zero-order valence-corrected chi connectivity index (χ0v) is 9.94. The highest BCUT2D eigenvalue weighted by atomic mass is 16.5. The Kier molecular flexibility index (Phi) is 3.63. The molecule has 0 radical (unpaired) electrons. The third-order valence-corrected chi connectivity index (χ3v) is 3.37. The van der Waals surface area contributed by atoms with Gasteiger partial charge >= 0.3 is 0 Å². The van der Waals surface area contributed by atoms with E-state index in [1.165, 1.54) is 0 Å². The van der Waals surface area contributed by atoms with Crippen molar-refractivity contribution < 1.29 is 14.3 Å². The fraction of sp³-hybridized carbons (Fsp3) is 0.818. The molecule has 2 aliphatic rings. The zero-order chi connectivity index (χ0) is 12.4. The van der Waals surface area contributed by atoms with Crippen molar-refractivity contribution in [3.05, 3.63) is 0 Å². The molecule has 6 nitrogen and oxygen atoms in total. The van der Waals surface area contributed by atoms with E-state index in [2.05, 4.69) is 10.6 Å². The Bertz CT molecular complexity index is 319. The minimum Gasteiger partial charge on any atom is -0.376 e. The smallest absolute Gasteiger partial charge is 0.242 e. The van der Waals surface area contributed by atoms with Crippen LogP contribution >= 0.6 is 0 Å². The summed E-state index contributed by atoms with van der Waals surface area (Å²) in [6.45, 7) is 2.53. The number of carbonyl (C=O) groups excluding carboxylic acids is 2. The van der Waals surface area contributed by atoms with Crippen molar-refractivity contribution >= 4 is 11.8 Å². The summed E-state index contributed by atoms with van der Waals surface area (Å²) in [6, 6.07) is -0.579. The van der Waals surface area contributed by atoms with Gasteiger partial charge in [-0.05, 0) is 19.8 Å². The van der Waals surface area contributed by atoms with Crippen molar-refractivity contribution in [2.45, 2.75) is 50.4 Å². The summed E-state index contributed by atoms with van der Waals surface area (Å²) in [4.78, 5) is 22.9. The molecule has 1 aliphatic carbocycles. The average molecular weight is 241 g/mol. The number of carbonyl (C=O) groups is 2. The second-order valence-corrected chi connectivity index (χ2v) is 4.59. The molecular weight excluding hydrogens is 222 g/mol. The second-order valence-electron chi connectivity index (χ2n) is 4.59. The molecule has 3 unspecified atom stereocenters. The first kappa shape index (κ1) is 12.3. The molecule has 0 aromatic heterocycles. The molecule has 0 aromatic rings. The van der Waals surface area contributed by atoms with Crippen LogP contribution in [0.1, 0.15) is 26.2 Å². The first-order valence-electron chi connectivity index (χ1n) is 6.08. The van der Waals surface area contributed by atoms with Gasteiger partial charge in [0.25, 0.3) is 0 Å². The Morgan fingerprint density at radius 1 is 1.65 bits per heavy atom. The van der Waals surface area contributed by atoms with Crippen LogP contribution in [0.2, 0.25) is 0 Å². The summed E-state index contributed by atoms with van der Waals surface area (Å²) in [5, 5.41) is 5.50. The van der Waals surface area contributed by atoms with Crippen LogP contribution in [0.5, 0.6) is 0 Å². The first-order chi connectivity index (χ1) is 8.11. The van der Waals surface area contributed by atoms with Crippen LogP contribution in [0.4, 0.5) is 0 Å². The normalized spacial score (nSPS) is 36.2. The van der Waals surface area contributed by atoms with Crippen LogP contribution in [-0.4, -0.2) is 42.7 Å². The van der Waals surface area contributed by atoms with Crippen molar-refractivity contribution in [2.75, 3.05) is 6.61 Å². The van der Waals surface area contributed by atoms with Gasteiger partial charge in [0.1, 0.15) is 6.04 Å². The summed E-state index contributed by atoms with van der Waals surface area (Å²) in [5.41, 5.74) is 5.84. The predicted molar refractivity (Wildman–Crippen MR) is 61.1 cm³/mol. The van der Waals surface area contributed by atoms with Gasteiger partial charge in [-0.1, -0.05) is 0 Å². The number of rotatable bonds is 4. The molecule has 96 valence electrons. The molecule has 1 saturated heterocycles. The maximum absolute atomic E-state index is 11.9. The van der Waals surface area contributed by atoms with E-state index in [9.17, 15) is 9.59 Å². The highest BCUT2D eigenvalue weighted by Gasteiger charge is 2.41. The van der Waals surface area contributed by atoms with Gasteiger partial charge in [0.2, 0.25) is 11.8 Å². The lowest BCUT2D eigenvalue weighted by Gasteiger charge is -2.42. The van der Waals surface area contributed by atoms with Gasteiger partial charge in [0, 0.05) is 19.1 Å². The zero-order valence-electron chi connectivity index (χ0n) is 9.94. The van der Waals surface area contributed by atoms with Crippen molar-refractivity contribution in [3.63, 3.8) is 0 Å². The van der Waals surface area contributed by atoms with Crippen molar-refractivity contribution in [3.8, 4) is 0 Å². The number of ether oxygens (including phenoxy) is 1. The molecule has 2 rings (SSSR count). The number of hydrogen-bond acceptors (Lipinski definition) is 4. The lowest BCUT2D eigenvalue weighted by molar-refractivity contribution is -0.129. The van der Waals surface area contributed by atoms with Gasteiger partial charge in [-0.3, -0.25) is 9.59 Å². The molecule has 6 heteroatoms. The van der Waals surface area contributed by atoms with Gasteiger partial charge in [0.15, 0.2) is 0 Å². The molecule has 4 N–H and O–H groups in total. The number of nitrogens with one attached hydrogen (secondary N) is 2. The third-order valence-electron chi connectivity index (χ3n) is 3.37. The number of amides is 2. The van der Waals surface area contributed by atoms with E-state index in [4.69, 9.17) is 10.5 Å². The van der Waals surface area contributed by atoms with E-state index in [1.54, 1.807) is 0 Å². The Morgan fingerprint density at radius 2 is 2.41 bits per heavy atom. The highest BCUT2D eigenvalue weighted by molar-refractivity contribution is 5.91. The highest BCUT2D eigenvalue weighted by Crippen LogP contribution is 2.23. The lowest BCUT2D eigenvalue weighted by Crippen LogP contribution is -2.66. The van der Waals surface area contributed by atoms with E-state index in [-0.39, 0.29) is 30.0 Å². The van der Waals surface area contributed by atoms with Crippen LogP contribution in [-0.2, 0) is 14.3 Å². The molecule has 2 fully saturated rings. The standard InChI is InChI=1S/C11H19N3O3/c1-2-17-8-5-6(12)10(8)14-11(16)7-3-4-9(15)13-7/h6-8,10H,2-5,12H2,1H3,(H,13,15)(H,14,16)/t6?,7-,8?,10?/m1/s1. The first-order valence-corrected chi connectivity index (χ1v) is 6.08. The Morgan fingerprint density at radius 3 is 2.94 bits per heavy atom. The van der Waals surface area contributed by atoms with Gasteiger partial charge in [-0.25, -0.2) is 0 Å². The van der Waals surface area contributed by atoms with E-state index in [0.29, 0.717) is 19.4 Å². The molecule has 17 heavy (non-hydrogen) atoms. The summed E-state index contributed by atoms with van der Waals surface area (Å²) in [5.74, 6) is -0.217. The predicted octanol–water partition coefficient (Wildman–Crippen LogP) is -1.11. The summed E-state index contributed by atoms with van der Waals surface area (Å²) >= 11 is 0. The van der Waals surface area contributed by atoms with Crippen molar-refractivity contribution in [1.82, 2.24) is 10.6 Å². The van der Waals surface area contributed by atoms with E-state index < -0.39 is 6.04 Å². The van der Waals surface area contributed by atoms with Crippen LogP contribution in [0.15, 0.2) is 0 Å². The molecule has 0 bridgehead atoms. The van der Waals surface area contributed by atoms with Gasteiger partial charge in [-0.15, -0.1) is 0 Å². The molecule has 1 aliphatic heterocycles. The molecule has 1 heterocycles. The largest absolute Gasteiger partial charge is 0.376 e. The maximum atomic E-state index is 11.9. The van der Waals surface area contributed by atoms with Crippen LogP contribution in [0.25, 0.3) is 0 Å². The van der Waals surface area contributed by atoms with Crippen LogP contribution < -0.4 is 16.4 Å². The maximum Gasteiger partial charge on any atom is 0.242 e. The fourth-order valence-corrected chi connectivity index (χ4v) is 2.30. The van der Waals surface area contributed by atoms with Gasteiger partial charge in [0.05, 0.1) is 12.1 Å². The molecule has 2 amide bonds. The Labute approximate surface area is 100 Å². The minimum atomic E-state index is -0.405. The lowest BCUT2D eigenvalue weighted by atomic mass is 9.83. The average Bonchev–Trinajstić information content (AvgIpc) is 2.72. The second kappa shape index (κ2) is 5.01. The minimum absolute atomic E-state index is 0.0102. The fourth-order valence-electron chi connectivity index (χ4n) is 2.30. The summed E-state index contributed by atoms with van der Waals surface area (Å²) in [7, 11) is 0. The summed E-state index contributed by atoms with van der Waals surface area (Å²) in [6.07, 6.45) is 1.77. The number of nitrogens with two attached hydrogens (primary N) is 1. The van der Waals surface area contributed by atoms with Crippen molar-refractivity contribution in [1.29, 1.82) is 0 Å². The number of hydrogen-bond donors (Lipinski definition) is 3. The van der Waals surface area contributed by atoms with Gasteiger partial charge in [-0.2, -0.15) is 0 Å². The van der Waals surface area contributed by atoms with Crippen LogP contribution in [0, 0.1) is 0 Å². The topological polar surface area (TPSA) is 93.4 Å². The third kappa shape index (κ3) is 2.58. The monoisotopic (exact) mass is 241 g/mol. The molecular formula is C11H19N3O3. The molecule has 1 saturated carbocycles. The Hall–Kier alpha value is -1.14. The molecule has 0 spiro atoms. The Balaban J connectivity index is 1.83. The quantitative estimate of drug-likeness (QED) is 0.581.